The molecule has 0 spiro atoms. The van der Waals surface area contributed by atoms with E-state index in [1.807, 2.05) is 30.5 Å². The number of benzene rings is 1. The average molecular weight is 214 g/mol. The lowest BCUT2D eigenvalue weighted by Gasteiger charge is -1.90. The van der Waals surface area contributed by atoms with Crippen molar-refractivity contribution in [2.24, 2.45) is 0 Å². The third-order valence-electron chi connectivity index (χ3n) is 1.93. The fourth-order valence-electron chi connectivity index (χ4n) is 1.20. The highest BCUT2D eigenvalue weighted by atomic mass is 16.1. The highest BCUT2D eigenvalue weighted by Gasteiger charge is 1.87. The lowest BCUT2D eigenvalue weighted by atomic mass is 10.2. The molecule has 16 heavy (non-hydrogen) atoms. The number of nitrogens with zero attached hydrogens (tertiary/aromatic N) is 2. The number of para-hydroxylation sites is 1. The second-order valence-corrected chi connectivity index (χ2v) is 3.05. The number of hydrogen-bond acceptors (Lipinski definition) is 3. The molecule has 2 heterocycles. The van der Waals surface area contributed by atoms with E-state index in [1.165, 1.54) is 6.07 Å². The molecule has 0 saturated carbocycles. The molecule has 0 atom stereocenters. The maximum atomic E-state index is 9.98. The summed E-state index contributed by atoms with van der Waals surface area (Å²) in [5, 5.41) is 5.90. The first kappa shape index (κ1) is 10.1. The van der Waals surface area contributed by atoms with Gasteiger partial charge in [-0.15, -0.1) is 0 Å². The second kappa shape index (κ2) is 4.88. The lowest BCUT2D eigenvalue weighted by Crippen LogP contribution is -1.93. The van der Waals surface area contributed by atoms with Crippen LogP contribution in [0.5, 0.6) is 0 Å². The topological polar surface area (TPSA) is 74.4 Å². The molecule has 3 aromatic rings. The number of nitrogens with one attached hydrogen (secondary N) is 2. The monoisotopic (exact) mass is 214 g/mol. The van der Waals surface area contributed by atoms with Crippen LogP contribution in [0, 0.1) is 0 Å². The van der Waals surface area contributed by atoms with Crippen LogP contribution in [0.15, 0.2) is 53.8 Å². The quantitative estimate of drug-likeness (QED) is 0.593. The van der Waals surface area contributed by atoms with E-state index in [0.717, 1.165) is 10.9 Å². The van der Waals surface area contributed by atoms with Crippen molar-refractivity contribution in [2.45, 2.75) is 0 Å². The molecule has 0 aliphatic carbocycles. The van der Waals surface area contributed by atoms with Gasteiger partial charge in [-0.05, 0) is 6.07 Å². The first-order valence-electron chi connectivity index (χ1n) is 4.73. The van der Waals surface area contributed by atoms with Crippen molar-refractivity contribution in [3.63, 3.8) is 0 Å². The van der Waals surface area contributed by atoms with Crippen LogP contribution in [0.4, 0.5) is 0 Å². The van der Waals surface area contributed by atoms with Gasteiger partial charge in [-0.1, -0.05) is 18.2 Å². The van der Waals surface area contributed by atoms with E-state index in [9.17, 15) is 4.79 Å². The highest BCUT2D eigenvalue weighted by molar-refractivity contribution is 5.76. The highest BCUT2D eigenvalue weighted by Crippen LogP contribution is 2.06. The summed E-state index contributed by atoms with van der Waals surface area (Å²) >= 11 is 0. The number of H-pyrrole nitrogens is 2. The minimum Gasteiger partial charge on any atom is -0.305 e. The Morgan fingerprint density at radius 1 is 1.12 bits per heavy atom. The number of rotatable bonds is 0. The van der Waals surface area contributed by atoms with Gasteiger partial charge in [-0.3, -0.25) is 9.89 Å². The molecule has 5 nitrogen and oxygen atoms in total. The van der Waals surface area contributed by atoms with Gasteiger partial charge in [0.2, 0.25) is 0 Å². The van der Waals surface area contributed by atoms with E-state index < -0.39 is 0 Å². The van der Waals surface area contributed by atoms with Crippen molar-refractivity contribution in [2.75, 3.05) is 0 Å². The van der Waals surface area contributed by atoms with Gasteiger partial charge in [-0.2, -0.15) is 0 Å². The molecule has 5 heteroatoms. The summed E-state index contributed by atoms with van der Waals surface area (Å²) < 4.78 is 0. The van der Waals surface area contributed by atoms with Crippen LogP contribution in [0.1, 0.15) is 0 Å². The van der Waals surface area contributed by atoms with Crippen LogP contribution in [-0.2, 0) is 0 Å². The van der Waals surface area contributed by atoms with Crippen molar-refractivity contribution in [1.82, 2.24) is 20.2 Å². The molecular weight excluding hydrogens is 204 g/mol. The minimum atomic E-state index is -0.0880. The Morgan fingerprint density at radius 3 is 2.62 bits per heavy atom. The molecule has 0 saturated heterocycles. The molecule has 0 fully saturated rings. The van der Waals surface area contributed by atoms with E-state index in [0.29, 0.717) is 0 Å². The fraction of sp³-hybridized carbons (Fsp3) is 0. The summed E-state index contributed by atoms with van der Waals surface area (Å²) in [4.78, 5) is 18.0. The van der Waals surface area contributed by atoms with Crippen LogP contribution in [0.3, 0.4) is 0 Å². The number of hydrogen-bond donors (Lipinski definition) is 2. The van der Waals surface area contributed by atoms with Gasteiger partial charge >= 0.3 is 0 Å². The summed E-state index contributed by atoms with van der Waals surface area (Å²) in [6.07, 6.45) is 4.91. The Labute approximate surface area is 91.2 Å². The van der Waals surface area contributed by atoms with E-state index in [-0.39, 0.29) is 5.56 Å². The SMILES string of the molecule is O=c1cc[nH][nH]1.c1ccc2ncncc2c1. The first-order chi connectivity index (χ1) is 7.86. The van der Waals surface area contributed by atoms with E-state index in [1.54, 1.807) is 12.5 Å². The number of fused-ring (bicyclic) bond motifs is 1. The number of aromatic amines is 2. The summed E-state index contributed by atoms with van der Waals surface area (Å²) in [5.74, 6) is 0. The van der Waals surface area contributed by atoms with Crippen molar-refractivity contribution < 1.29 is 0 Å². The molecule has 1 aromatic carbocycles. The first-order valence-corrected chi connectivity index (χ1v) is 4.73. The maximum Gasteiger partial charge on any atom is 0.263 e. The standard InChI is InChI=1S/C8H6N2.C3H4N2O/c1-2-4-8-7(3-1)5-9-6-10-8;6-3-1-2-4-5-3/h1-6H;1-2H,(H2,4,5,6). The zero-order valence-electron chi connectivity index (χ0n) is 8.42. The summed E-state index contributed by atoms with van der Waals surface area (Å²) in [7, 11) is 0. The maximum absolute atomic E-state index is 9.98. The van der Waals surface area contributed by atoms with Crippen LogP contribution < -0.4 is 5.56 Å². The zero-order chi connectivity index (χ0) is 11.2. The molecule has 0 bridgehead atoms. The van der Waals surface area contributed by atoms with Crippen molar-refractivity contribution in [3.8, 4) is 0 Å². The molecule has 0 radical (unpaired) electrons. The molecule has 0 aliphatic rings. The molecule has 0 amide bonds. The van der Waals surface area contributed by atoms with Crippen LogP contribution in [-0.4, -0.2) is 20.2 Å². The van der Waals surface area contributed by atoms with E-state index in [2.05, 4.69) is 20.2 Å². The predicted octanol–water partition coefficient (Wildman–Crippen LogP) is 1.33. The van der Waals surface area contributed by atoms with Gasteiger partial charge in [0, 0.05) is 23.8 Å². The smallest absolute Gasteiger partial charge is 0.263 e. The van der Waals surface area contributed by atoms with Gasteiger partial charge in [0.05, 0.1) is 5.52 Å². The number of aromatic nitrogens is 4. The van der Waals surface area contributed by atoms with Crippen molar-refractivity contribution in [3.05, 3.63) is 59.4 Å². The summed E-state index contributed by atoms with van der Waals surface area (Å²) in [6, 6.07) is 9.33. The summed E-state index contributed by atoms with van der Waals surface area (Å²) in [6.45, 7) is 0. The molecule has 0 aliphatic heterocycles. The zero-order valence-corrected chi connectivity index (χ0v) is 8.42. The second-order valence-electron chi connectivity index (χ2n) is 3.05. The van der Waals surface area contributed by atoms with Crippen molar-refractivity contribution >= 4 is 10.9 Å². The van der Waals surface area contributed by atoms with Gasteiger partial charge < -0.3 is 5.10 Å². The lowest BCUT2D eigenvalue weighted by molar-refractivity contribution is 1.06. The Morgan fingerprint density at radius 2 is 2.00 bits per heavy atom. The molecular formula is C11H10N4O. The average Bonchev–Trinajstić information content (AvgIpc) is 2.81. The largest absolute Gasteiger partial charge is 0.305 e. The van der Waals surface area contributed by atoms with Gasteiger partial charge in [0.1, 0.15) is 6.33 Å². The summed E-state index contributed by atoms with van der Waals surface area (Å²) in [5.41, 5.74) is 0.910. The van der Waals surface area contributed by atoms with Crippen molar-refractivity contribution in [1.29, 1.82) is 0 Å². The Hall–Kier alpha value is -2.43. The van der Waals surface area contributed by atoms with E-state index >= 15 is 0 Å². The van der Waals surface area contributed by atoms with E-state index in [4.69, 9.17) is 0 Å². The Balaban J connectivity index is 0.000000138. The fourth-order valence-corrected chi connectivity index (χ4v) is 1.20. The third kappa shape index (κ3) is 2.54. The predicted molar refractivity (Wildman–Crippen MR) is 61.0 cm³/mol. The molecule has 2 N–H and O–H groups in total. The van der Waals surface area contributed by atoms with Gasteiger partial charge in [-0.25, -0.2) is 9.97 Å². The van der Waals surface area contributed by atoms with Crippen LogP contribution in [0.25, 0.3) is 10.9 Å². The minimum absolute atomic E-state index is 0.0880. The molecule has 0 unspecified atom stereocenters. The Kier molecular flexibility index (Phi) is 3.08. The Bertz CT molecular complexity index is 532. The molecule has 80 valence electrons. The normalized spacial score (nSPS) is 9.50. The molecule has 3 rings (SSSR count). The third-order valence-corrected chi connectivity index (χ3v) is 1.93. The van der Waals surface area contributed by atoms with Crippen LogP contribution in [0.2, 0.25) is 0 Å². The molecule has 2 aromatic heterocycles. The van der Waals surface area contributed by atoms with Gasteiger partial charge in [0.25, 0.3) is 5.56 Å². The van der Waals surface area contributed by atoms with Gasteiger partial charge in [0.15, 0.2) is 0 Å². The van der Waals surface area contributed by atoms with Crippen LogP contribution >= 0.6 is 0 Å².